The second-order valence-corrected chi connectivity index (χ2v) is 5.81. The molecule has 0 aromatic heterocycles. The van der Waals surface area contributed by atoms with Crippen LogP contribution in [0.15, 0.2) is 35.3 Å². The second-order valence-electron chi connectivity index (χ2n) is 5.81. The lowest BCUT2D eigenvalue weighted by atomic mass is 10.1. The quantitative estimate of drug-likeness (QED) is 0.183. The van der Waals surface area contributed by atoms with Gasteiger partial charge in [-0.05, 0) is 31.4 Å². The Balaban J connectivity index is 2.60. The van der Waals surface area contributed by atoms with E-state index in [0.717, 1.165) is 0 Å². The summed E-state index contributed by atoms with van der Waals surface area (Å²) in [5.74, 6) is -1.02. The van der Waals surface area contributed by atoms with Gasteiger partial charge in [-0.25, -0.2) is 0 Å². The average Bonchev–Trinajstić information content (AvgIpc) is 2.67. The number of nitrogens with one attached hydrogen (secondary N) is 2. The number of carbonyl (C=O) groups is 3. The van der Waals surface area contributed by atoms with Gasteiger partial charge in [0.15, 0.2) is 5.96 Å². The van der Waals surface area contributed by atoms with Gasteiger partial charge in [-0.15, -0.1) is 0 Å². The molecule has 27 heavy (non-hydrogen) atoms. The molecule has 148 valence electrons. The van der Waals surface area contributed by atoms with Gasteiger partial charge in [-0.1, -0.05) is 18.2 Å². The highest BCUT2D eigenvalue weighted by Crippen LogP contribution is 2.04. The van der Waals surface area contributed by atoms with Gasteiger partial charge in [0.05, 0.1) is 7.11 Å². The number of methoxy groups -OCH3 is 1. The smallest absolute Gasteiger partial charge is 0.305 e. The van der Waals surface area contributed by atoms with Crippen molar-refractivity contribution in [2.24, 2.45) is 16.5 Å². The minimum absolute atomic E-state index is 0.0212. The lowest BCUT2D eigenvalue weighted by molar-refractivity contribution is -0.140. The molecule has 2 amide bonds. The first-order valence-corrected chi connectivity index (χ1v) is 8.70. The summed E-state index contributed by atoms with van der Waals surface area (Å²) in [6.45, 7) is 0.662. The van der Waals surface area contributed by atoms with Crippen LogP contribution in [0.5, 0.6) is 0 Å². The van der Waals surface area contributed by atoms with E-state index in [2.05, 4.69) is 20.4 Å². The molecule has 1 atom stereocenters. The molecule has 1 rings (SSSR count). The maximum Gasteiger partial charge on any atom is 0.305 e. The lowest BCUT2D eigenvalue weighted by Crippen LogP contribution is -2.47. The number of aliphatic imine (C=N–C) groups is 1. The van der Waals surface area contributed by atoms with E-state index in [1.165, 1.54) is 7.11 Å². The molecule has 0 bridgehead atoms. The Kier molecular flexibility index (Phi) is 9.98. The summed E-state index contributed by atoms with van der Waals surface area (Å²) < 4.78 is 4.55. The van der Waals surface area contributed by atoms with Gasteiger partial charge in [0.2, 0.25) is 5.91 Å². The van der Waals surface area contributed by atoms with E-state index >= 15 is 0 Å². The van der Waals surface area contributed by atoms with E-state index in [9.17, 15) is 14.4 Å². The normalized spacial score (nSPS) is 11.1. The zero-order valence-electron chi connectivity index (χ0n) is 15.4. The molecule has 6 N–H and O–H groups in total. The van der Waals surface area contributed by atoms with Crippen molar-refractivity contribution in [2.45, 2.75) is 31.7 Å². The van der Waals surface area contributed by atoms with E-state index in [-0.39, 0.29) is 30.2 Å². The van der Waals surface area contributed by atoms with Gasteiger partial charge >= 0.3 is 5.97 Å². The molecule has 9 nitrogen and oxygen atoms in total. The van der Waals surface area contributed by atoms with Crippen LogP contribution in [0.25, 0.3) is 0 Å². The van der Waals surface area contributed by atoms with Crippen molar-refractivity contribution in [3.05, 3.63) is 35.9 Å². The maximum atomic E-state index is 12.4. The largest absolute Gasteiger partial charge is 0.469 e. The molecule has 0 saturated heterocycles. The fourth-order valence-corrected chi connectivity index (χ4v) is 2.27. The topological polar surface area (TPSA) is 149 Å². The first-order valence-electron chi connectivity index (χ1n) is 8.70. The third-order valence-electron chi connectivity index (χ3n) is 3.69. The molecular weight excluding hydrogens is 350 g/mol. The van der Waals surface area contributed by atoms with Crippen LogP contribution in [0.4, 0.5) is 0 Å². The van der Waals surface area contributed by atoms with Crippen LogP contribution in [-0.2, 0) is 14.3 Å². The van der Waals surface area contributed by atoms with Crippen molar-refractivity contribution in [3.63, 3.8) is 0 Å². The molecule has 1 aromatic rings. The summed E-state index contributed by atoms with van der Waals surface area (Å²) in [6, 6.07) is 7.90. The predicted octanol–water partition coefficient (Wildman–Crippen LogP) is -0.0920. The highest BCUT2D eigenvalue weighted by molar-refractivity contribution is 5.97. The van der Waals surface area contributed by atoms with Crippen LogP contribution in [-0.4, -0.2) is 50.0 Å². The number of nitrogens with two attached hydrogens (primary N) is 2. The van der Waals surface area contributed by atoms with Gasteiger partial charge in [0, 0.05) is 25.1 Å². The van der Waals surface area contributed by atoms with Crippen LogP contribution >= 0.6 is 0 Å². The summed E-state index contributed by atoms with van der Waals surface area (Å²) >= 11 is 0. The Hall–Kier alpha value is -3.10. The van der Waals surface area contributed by atoms with E-state index < -0.39 is 6.04 Å². The molecular formula is C18H27N5O4. The van der Waals surface area contributed by atoms with Crippen LogP contribution in [0.1, 0.15) is 36.0 Å². The molecule has 0 heterocycles. The summed E-state index contributed by atoms with van der Waals surface area (Å²) in [6.07, 6.45) is 1.56. The van der Waals surface area contributed by atoms with Crippen molar-refractivity contribution < 1.29 is 19.1 Å². The number of ether oxygens (including phenoxy) is 1. The van der Waals surface area contributed by atoms with Gasteiger partial charge in [0.25, 0.3) is 5.91 Å². The molecule has 0 unspecified atom stereocenters. The zero-order valence-corrected chi connectivity index (χ0v) is 15.4. The van der Waals surface area contributed by atoms with Gasteiger partial charge in [-0.3, -0.25) is 19.4 Å². The molecule has 0 aliphatic carbocycles. The third-order valence-corrected chi connectivity index (χ3v) is 3.69. The summed E-state index contributed by atoms with van der Waals surface area (Å²) in [4.78, 5) is 39.7. The van der Waals surface area contributed by atoms with Crippen molar-refractivity contribution in [2.75, 3.05) is 20.2 Å². The Morgan fingerprint density at radius 3 is 2.48 bits per heavy atom. The zero-order chi connectivity index (χ0) is 20.1. The molecule has 0 fully saturated rings. The van der Waals surface area contributed by atoms with Crippen LogP contribution in [0, 0.1) is 0 Å². The van der Waals surface area contributed by atoms with Crippen molar-refractivity contribution in [1.29, 1.82) is 0 Å². The monoisotopic (exact) mass is 377 g/mol. The minimum atomic E-state index is -0.731. The Labute approximate surface area is 158 Å². The van der Waals surface area contributed by atoms with Crippen LogP contribution in [0.3, 0.4) is 0 Å². The number of esters is 1. The lowest BCUT2D eigenvalue weighted by Gasteiger charge is -2.18. The molecule has 0 radical (unpaired) electrons. The number of nitrogens with zero attached hydrogens (tertiary/aromatic N) is 1. The molecule has 0 saturated carbocycles. The summed E-state index contributed by atoms with van der Waals surface area (Å²) in [7, 11) is 1.31. The molecule has 0 aliphatic heterocycles. The van der Waals surface area contributed by atoms with Crippen LogP contribution in [0.2, 0.25) is 0 Å². The number of carbonyl (C=O) groups excluding carboxylic acids is 3. The number of hydrogen-bond acceptors (Lipinski definition) is 5. The van der Waals surface area contributed by atoms with Gasteiger partial charge < -0.3 is 26.8 Å². The SMILES string of the molecule is COC(=O)CCCNC(=O)[C@H](CCCN=C(N)N)NC(=O)c1ccccc1. The van der Waals surface area contributed by atoms with Crippen molar-refractivity contribution >= 4 is 23.7 Å². The summed E-state index contributed by atoms with van der Waals surface area (Å²) in [5, 5.41) is 5.45. The van der Waals surface area contributed by atoms with E-state index in [4.69, 9.17) is 11.5 Å². The highest BCUT2D eigenvalue weighted by Gasteiger charge is 2.20. The molecule has 0 aliphatic rings. The number of benzene rings is 1. The number of amides is 2. The number of rotatable bonds is 11. The Morgan fingerprint density at radius 2 is 1.85 bits per heavy atom. The maximum absolute atomic E-state index is 12.4. The van der Waals surface area contributed by atoms with Crippen molar-refractivity contribution in [1.82, 2.24) is 10.6 Å². The molecule has 0 spiro atoms. The van der Waals surface area contributed by atoms with Gasteiger partial charge in [0.1, 0.15) is 6.04 Å². The fourth-order valence-electron chi connectivity index (χ4n) is 2.27. The highest BCUT2D eigenvalue weighted by atomic mass is 16.5. The Morgan fingerprint density at radius 1 is 1.15 bits per heavy atom. The van der Waals surface area contributed by atoms with E-state index in [1.807, 2.05) is 0 Å². The Bertz CT molecular complexity index is 644. The second kappa shape index (κ2) is 12.3. The van der Waals surface area contributed by atoms with Crippen LogP contribution < -0.4 is 22.1 Å². The average molecular weight is 377 g/mol. The number of hydrogen-bond donors (Lipinski definition) is 4. The van der Waals surface area contributed by atoms with Crippen molar-refractivity contribution in [3.8, 4) is 0 Å². The van der Waals surface area contributed by atoms with E-state index in [0.29, 0.717) is 37.9 Å². The first kappa shape index (κ1) is 21.9. The predicted molar refractivity (Wildman–Crippen MR) is 102 cm³/mol. The molecule has 9 heteroatoms. The first-order chi connectivity index (χ1) is 12.9. The molecule has 1 aromatic carbocycles. The minimum Gasteiger partial charge on any atom is -0.469 e. The standard InChI is InChI=1S/C18H27N5O4/c1-27-15(24)10-6-11-21-17(26)14(9-5-12-22-18(19)20)23-16(25)13-7-3-2-4-8-13/h2-4,7-8,14H,5-6,9-12H2,1H3,(H,21,26)(H,23,25)(H4,19,20,22)/t14-/m0/s1. The fraction of sp³-hybridized carbons (Fsp3) is 0.444. The van der Waals surface area contributed by atoms with E-state index in [1.54, 1.807) is 30.3 Å². The number of guanidine groups is 1. The summed E-state index contributed by atoms with van der Waals surface area (Å²) in [5.41, 5.74) is 11.0. The third kappa shape index (κ3) is 9.24. The van der Waals surface area contributed by atoms with Gasteiger partial charge in [-0.2, -0.15) is 0 Å².